The van der Waals surface area contributed by atoms with E-state index in [2.05, 4.69) is 21.2 Å². The monoisotopic (exact) mass is 370 g/mol. The number of nitro benzene ring substituents is 1. The number of nitro groups is 1. The number of benzene rings is 2. The van der Waals surface area contributed by atoms with E-state index in [-0.39, 0.29) is 5.69 Å². The summed E-state index contributed by atoms with van der Waals surface area (Å²) in [6.45, 7) is 0.478. The lowest BCUT2D eigenvalue weighted by Crippen LogP contribution is -2.01. The number of nitrogens with one attached hydrogen (secondary N) is 1. The maximum Gasteiger partial charge on any atom is 0.270 e. The molecule has 0 atom stereocenters. The summed E-state index contributed by atoms with van der Waals surface area (Å²) in [6, 6.07) is 9.95. The first kappa shape index (κ1) is 15.6. The molecule has 0 aliphatic heterocycles. The molecule has 0 aliphatic carbocycles. The Morgan fingerprint density at radius 3 is 2.71 bits per heavy atom. The minimum atomic E-state index is -0.430. The fourth-order valence-electron chi connectivity index (χ4n) is 1.75. The molecular formula is C14H12BrClN2O3. The second-order valence-electron chi connectivity index (χ2n) is 4.23. The molecule has 1 N–H and O–H groups in total. The van der Waals surface area contributed by atoms with Crippen LogP contribution in [0.4, 0.5) is 11.4 Å². The number of methoxy groups -OCH3 is 1. The van der Waals surface area contributed by atoms with E-state index in [1.807, 2.05) is 0 Å². The summed E-state index contributed by atoms with van der Waals surface area (Å²) in [4.78, 5) is 10.3. The van der Waals surface area contributed by atoms with Crippen LogP contribution in [0.5, 0.6) is 5.75 Å². The van der Waals surface area contributed by atoms with Gasteiger partial charge in [0, 0.05) is 29.2 Å². The topological polar surface area (TPSA) is 64.4 Å². The molecule has 0 saturated carbocycles. The highest BCUT2D eigenvalue weighted by molar-refractivity contribution is 9.10. The van der Waals surface area contributed by atoms with Crippen LogP contribution in [0.3, 0.4) is 0 Å². The third-order valence-electron chi connectivity index (χ3n) is 2.89. The van der Waals surface area contributed by atoms with Gasteiger partial charge in [0.2, 0.25) is 0 Å². The predicted molar refractivity (Wildman–Crippen MR) is 86.1 cm³/mol. The van der Waals surface area contributed by atoms with Gasteiger partial charge >= 0.3 is 0 Å². The highest BCUT2D eigenvalue weighted by atomic mass is 79.9. The van der Waals surface area contributed by atoms with Crippen molar-refractivity contribution in [2.45, 2.75) is 6.54 Å². The van der Waals surface area contributed by atoms with Crippen molar-refractivity contribution in [1.82, 2.24) is 0 Å². The first-order valence-corrected chi connectivity index (χ1v) is 7.18. The molecule has 5 nitrogen and oxygen atoms in total. The molecule has 0 heterocycles. The van der Waals surface area contributed by atoms with E-state index in [4.69, 9.17) is 16.3 Å². The third kappa shape index (κ3) is 3.86. The van der Waals surface area contributed by atoms with Crippen LogP contribution in [0.15, 0.2) is 40.9 Å². The van der Waals surface area contributed by atoms with E-state index in [0.29, 0.717) is 21.8 Å². The molecule has 0 unspecified atom stereocenters. The van der Waals surface area contributed by atoms with E-state index < -0.39 is 4.92 Å². The molecule has 2 aromatic carbocycles. The summed E-state index contributed by atoms with van der Waals surface area (Å²) in [5.74, 6) is 0.699. The lowest BCUT2D eigenvalue weighted by atomic mass is 10.2. The summed E-state index contributed by atoms with van der Waals surface area (Å²) in [6.07, 6.45) is 0. The molecule has 110 valence electrons. The van der Waals surface area contributed by atoms with Crippen LogP contribution in [0.1, 0.15) is 5.56 Å². The Balaban J connectivity index is 2.15. The van der Waals surface area contributed by atoms with Crippen molar-refractivity contribution < 1.29 is 9.66 Å². The summed E-state index contributed by atoms with van der Waals surface area (Å²) in [7, 11) is 1.58. The van der Waals surface area contributed by atoms with Crippen molar-refractivity contribution in [3.8, 4) is 5.75 Å². The van der Waals surface area contributed by atoms with Gasteiger partial charge in [-0.3, -0.25) is 10.1 Å². The average molecular weight is 372 g/mol. The van der Waals surface area contributed by atoms with Crippen LogP contribution < -0.4 is 10.1 Å². The molecule has 21 heavy (non-hydrogen) atoms. The number of non-ortho nitro benzene ring substituents is 1. The van der Waals surface area contributed by atoms with E-state index >= 15 is 0 Å². The van der Waals surface area contributed by atoms with E-state index in [0.717, 1.165) is 11.3 Å². The first-order valence-electron chi connectivity index (χ1n) is 6.01. The molecule has 0 fully saturated rings. The zero-order valence-electron chi connectivity index (χ0n) is 11.1. The van der Waals surface area contributed by atoms with Crippen molar-refractivity contribution in [3.05, 3.63) is 61.6 Å². The Morgan fingerprint density at radius 2 is 2.10 bits per heavy atom. The quantitative estimate of drug-likeness (QED) is 0.614. The Hall–Kier alpha value is -1.79. The number of halogens is 2. The van der Waals surface area contributed by atoms with Gasteiger partial charge in [-0.25, -0.2) is 0 Å². The lowest BCUT2D eigenvalue weighted by molar-refractivity contribution is -0.384. The molecule has 0 aromatic heterocycles. The van der Waals surface area contributed by atoms with Gasteiger partial charge < -0.3 is 10.1 Å². The van der Waals surface area contributed by atoms with Gasteiger partial charge in [-0.15, -0.1) is 0 Å². The second kappa shape index (κ2) is 6.78. The SMILES string of the molecule is COc1ccc(Cl)c(NCc2ccc([N+](=O)[O-])cc2Br)c1. The minimum Gasteiger partial charge on any atom is -0.497 e. The molecule has 0 saturated heterocycles. The molecule has 0 bridgehead atoms. The van der Waals surface area contributed by atoms with Gasteiger partial charge in [0.1, 0.15) is 5.75 Å². The highest BCUT2D eigenvalue weighted by Gasteiger charge is 2.09. The van der Waals surface area contributed by atoms with E-state index in [9.17, 15) is 10.1 Å². The molecule has 2 aromatic rings. The van der Waals surface area contributed by atoms with Crippen LogP contribution in [0.2, 0.25) is 5.02 Å². The smallest absolute Gasteiger partial charge is 0.270 e. The largest absolute Gasteiger partial charge is 0.497 e. The van der Waals surface area contributed by atoms with Crippen LogP contribution in [0.25, 0.3) is 0 Å². The number of anilines is 1. The zero-order chi connectivity index (χ0) is 15.4. The van der Waals surface area contributed by atoms with Crippen LogP contribution >= 0.6 is 27.5 Å². The summed E-state index contributed by atoms with van der Waals surface area (Å²) < 4.78 is 5.81. The van der Waals surface area contributed by atoms with Crippen molar-refractivity contribution in [2.75, 3.05) is 12.4 Å². The summed E-state index contributed by atoms with van der Waals surface area (Å²) in [5.41, 5.74) is 1.67. The van der Waals surface area contributed by atoms with Gasteiger partial charge in [0.05, 0.1) is 22.7 Å². The molecular weight excluding hydrogens is 360 g/mol. The average Bonchev–Trinajstić information content (AvgIpc) is 2.47. The predicted octanol–water partition coefficient (Wildman–Crippen LogP) is 4.63. The Bertz CT molecular complexity index is 679. The van der Waals surface area contributed by atoms with Gasteiger partial charge in [-0.1, -0.05) is 27.5 Å². The molecule has 0 radical (unpaired) electrons. The maximum atomic E-state index is 10.7. The highest BCUT2D eigenvalue weighted by Crippen LogP contribution is 2.28. The first-order chi connectivity index (χ1) is 10.0. The lowest BCUT2D eigenvalue weighted by Gasteiger charge is -2.11. The molecule has 7 heteroatoms. The van der Waals surface area contributed by atoms with Gasteiger partial charge in [-0.05, 0) is 23.8 Å². The van der Waals surface area contributed by atoms with Gasteiger partial charge in [-0.2, -0.15) is 0 Å². The maximum absolute atomic E-state index is 10.7. The number of ether oxygens (including phenoxy) is 1. The van der Waals surface area contributed by atoms with Crippen LogP contribution in [-0.4, -0.2) is 12.0 Å². The number of nitrogens with zero attached hydrogens (tertiary/aromatic N) is 1. The summed E-state index contributed by atoms with van der Waals surface area (Å²) in [5, 5.41) is 14.5. The minimum absolute atomic E-state index is 0.0463. The van der Waals surface area contributed by atoms with Crippen LogP contribution in [0, 0.1) is 10.1 Å². The van der Waals surface area contributed by atoms with E-state index in [1.165, 1.54) is 12.1 Å². The van der Waals surface area contributed by atoms with Gasteiger partial charge in [0.15, 0.2) is 0 Å². The normalized spacial score (nSPS) is 10.2. The van der Waals surface area contributed by atoms with Crippen LogP contribution in [-0.2, 0) is 6.54 Å². The van der Waals surface area contributed by atoms with Crippen molar-refractivity contribution in [1.29, 1.82) is 0 Å². The molecule has 2 rings (SSSR count). The Kier molecular flexibility index (Phi) is 5.03. The molecule has 0 aliphatic rings. The fraction of sp³-hybridized carbons (Fsp3) is 0.143. The molecule has 0 amide bonds. The molecule has 0 spiro atoms. The summed E-state index contributed by atoms with van der Waals surface area (Å²) >= 11 is 9.44. The van der Waals surface area contributed by atoms with Gasteiger partial charge in [0.25, 0.3) is 5.69 Å². The van der Waals surface area contributed by atoms with E-state index in [1.54, 1.807) is 31.4 Å². The number of hydrogen-bond donors (Lipinski definition) is 1. The number of hydrogen-bond acceptors (Lipinski definition) is 4. The standard InChI is InChI=1S/C14H12BrClN2O3/c1-21-11-4-5-13(16)14(7-11)17-8-9-2-3-10(18(19)20)6-12(9)15/h2-7,17H,8H2,1H3. The van der Waals surface area contributed by atoms with Crippen molar-refractivity contribution in [2.24, 2.45) is 0 Å². The Morgan fingerprint density at radius 1 is 1.33 bits per heavy atom. The zero-order valence-corrected chi connectivity index (χ0v) is 13.4. The number of rotatable bonds is 5. The van der Waals surface area contributed by atoms with Crippen molar-refractivity contribution >= 4 is 38.9 Å². The Labute approximate surface area is 135 Å². The fourth-order valence-corrected chi connectivity index (χ4v) is 2.44. The second-order valence-corrected chi connectivity index (χ2v) is 5.49. The third-order valence-corrected chi connectivity index (χ3v) is 3.96. The van der Waals surface area contributed by atoms with Crippen molar-refractivity contribution in [3.63, 3.8) is 0 Å².